The zero-order valence-electron chi connectivity index (χ0n) is 20.7. The van der Waals surface area contributed by atoms with Gasteiger partial charge in [-0.1, -0.05) is 12.1 Å². The Hall–Kier alpha value is -3.02. The Kier molecular flexibility index (Phi) is 10.6. The molecule has 1 fully saturated rings. The lowest BCUT2D eigenvalue weighted by atomic mass is 10.0. The minimum absolute atomic E-state index is 0.00751. The summed E-state index contributed by atoms with van der Waals surface area (Å²) in [6, 6.07) is -1.16. The first-order valence-electron chi connectivity index (χ1n) is 10.7. The number of methoxy groups -OCH3 is 1. The molecule has 0 aromatic rings. The van der Waals surface area contributed by atoms with Gasteiger partial charge in [0.05, 0.1) is 12.9 Å². The molecule has 2 rings (SSSR count). The van der Waals surface area contributed by atoms with Crippen LogP contribution in [0.5, 0.6) is 0 Å². The fourth-order valence-corrected chi connectivity index (χ4v) is 4.85. The first kappa shape index (κ1) is 30.2. The van der Waals surface area contributed by atoms with Gasteiger partial charge in [-0.2, -0.15) is 8.42 Å². The third kappa shape index (κ3) is 7.73. The SMILES string of the molecule is CCC(=O)OC(C)OC(=O)C1=C(COC)CS[C@@H]2C(NC(=O)/C(=N\OC)C(=O)COS(C)(=O)=O)C(=O)N12. The summed E-state index contributed by atoms with van der Waals surface area (Å²) in [5, 5.41) is 4.91. The van der Waals surface area contributed by atoms with Gasteiger partial charge in [0.15, 0.2) is 0 Å². The number of carbonyl (C=O) groups is 5. The van der Waals surface area contributed by atoms with Crippen molar-refractivity contribution in [1.29, 1.82) is 0 Å². The highest BCUT2D eigenvalue weighted by atomic mass is 32.2. The van der Waals surface area contributed by atoms with Crippen LogP contribution in [0.25, 0.3) is 0 Å². The monoisotopic (exact) mass is 565 g/mol. The number of oxime groups is 1. The number of rotatable bonds is 13. The van der Waals surface area contributed by atoms with E-state index in [2.05, 4.69) is 19.5 Å². The molecule has 206 valence electrons. The zero-order valence-corrected chi connectivity index (χ0v) is 22.3. The highest BCUT2D eigenvalue weighted by molar-refractivity contribution is 8.00. The van der Waals surface area contributed by atoms with Crippen LogP contribution in [0.1, 0.15) is 20.3 Å². The average Bonchev–Trinajstić information content (AvgIpc) is 2.83. The van der Waals surface area contributed by atoms with Crippen molar-refractivity contribution in [3.05, 3.63) is 11.3 Å². The highest BCUT2D eigenvalue weighted by Crippen LogP contribution is 2.40. The van der Waals surface area contributed by atoms with Gasteiger partial charge in [-0.05, 0) is 5.57 Å². The molecule has 0 saturated carbocycles. The Bertz CT molecular complexity index is 1120. The molecule has 3 atom stereocenters. The van der Waals surface area contributed by atoms with Crippen molar-refractivity contribution in [1.82, 2.24) is 10.2 Å². The number of carbonyl (C=O) groups excluding carboxylic acids is 5. The van der Waals surface area contributed by atoms with Crippen molar-refractivity contribution in [2.45, 2.75) is 38.0 Å². The van der Waals surface area contributed by atoms with E-state index in [1.165, 1.54) is 25.8 Å². The van der Waals surface area contributed by atoms with E-state index in [1.807, 2.05) is 0 Å². The average molecular weight is 566 g/mol. The number of Topliss-reactive ketones (excluding diaryl/α,β-unsaturated/α-hetero) is 1. The van der Waals surface area contributed by atoms with Gasteiger partial charge in [0, 0.05) is 26.2 Å². The number of ether oxygens (including phenoxy) is 3. The van der Waals surface area contributed by atoms with E-state index in [0.29, 0.717) is 5.57 Å². The van der Waals surface area contributed by atoms with Crippen molar-refractivity contribution < 1.29 is 55.6 Å². The zero-order chi connectivity index (χ0) is 27.9. The molecular formula is C20H27N3O12S2. The Morgan fingerprint density at radius 2 is 1.89 bits per heavy atom. The number of nitrogens with zero attached hydrogens (tertiary/aromatic N) is 2. The molecule has 0 aromatic heterocycles. The van der Waals surface area contributed by atoms with Crippen LogP contribution in [0.4, 0.5) is 0 Å². The van der Waals surface area contributed by atoms with Crippen LogP contribution in [0, 0.1) is 0 Å². The number of hydrogen-bond donors (Lipinski definition) is 1. The van der Waals surface area contributed by atoms with E-state index in [4.69, 9.17) is 14.2 Å². The second kappa shape index (κ2) is 13.0. The topological polar surface area (TPSA) is 193 Å². The second-order valence-electron chi connectivity index (χ2n) is 7.57. The van der Waals surface area contributed by atoms with Crippen molar-refractivity contribution in [2.75, 3.05) is 39.4 Å². The lowest BCUT2D eigenvalue weighted by Crippen LogP contribution is -2.71. The van der Waals surface area contributed by atoms with E-state index in [9.17, 15) is 32.4 Å². The summed E-state index contributed by atoms with van der Waals surface area (Å²) in [5.41, 5.74) is -0.487. The molecule has 0 radical (unpaired) electrons. The van der Waals surface area contributed by atoms with Crippen LogP contribution in [0.2, 0.25) is 0 Å². The number of amides is 2. The van der Waals surface area contributed by atoms with E-state index in [0.717, 1.165) is 18.3 Å². The molecule has 2 aliphatic rings. The fraction of sp³-hybridized carbons (Fsp3) is 0.600. The molecule has 0 bridgehead atoms. The lowest BCUT2D eigenvalue weighted by Gasteiger charge is -2.49. The predicted octanol–water partition coefficient (Wildman–Crippen LogP) is -1.32. The normalized spacial score (nSPS) is 20.4. The fourth-order valence-electron chi connectivity index (χ4n) is 3.20. The van der Waals surface area contributed by atoms with Crippen molar-refractivity contribution in [3.63, 3.8) is 0 Å². The summed E-state index contributed by atoms with van der Waals surface area (Å²) in [4.78, 5) is 67.9. The summed E-state index contributed by atoms with van der Waals surface area (Å²) in [6.45, 7) is 1.92. The molecule has 1 N–H and O–H groups in total. The van der Waals surface area contributed by atoms with Gasteiger partial charge in [0.1, 0.15) is 30.8 Å². The molecule has 37 heavy (non-hydrogen) atoms. The molecule has 2 heterocycles. The first-order chi connectivity index (χ1) is 17.3. The number of esters is 2. The minimum Gasteiger partial charge on any atom is -0.425 e. The van der Waals surface area contributed by atoms with Crippen LogP contribution in [0.15, 0.2) is 16.4 Å². The highest BCUT2D eigenvalue weighted by Gasteiger charge is 2.55. The van der Waals surface area contributed by atoms with Crippen LogP contribution in [0.3, 0.4) is 0 Å². The van der Waals surface area contributed by atoms with Gasteiger partial charge in [0.2, 0.25) is 17.8 Å². The molecule has 2 amide bonds. The maximum Gasteiger partial charge on any atom is 0.358 e. The Morgan fingerprint density at radius 3 is 2.46 bits per heavy atom. The second-order valence-corrected chi connectivity index (χ2v) is 10.3. The van der Waals surface area contributed by atoms with Gasteiger partial charge < -0.3 is 24.4 Å². The Labute approximate surface area is 216 Å². The number of fused-ring (bicyclic) bond motifs is 1. The third-order valence-electron chi connectivity index (χ3n) is 4.77. The maximum atomic E-state index is 13.0. The lowest BCUT2D eigenvalue weighted by molar-refractivity contribution is -0.184. The Morgan fingerprint density at radius 1 is 1.22 bits per heavy atom. The van der Waals surface area contributed by atoms with Gasteiger partial charge in [-0.3, -0.25) is 28.3 Å². The predicted molar refractivity (Wildman–Crippen MR) is 126 cm³/mol. The molecule has 2 unspecified atom stereocenters. The molecule has 0 spiro atoms. The summed E-state index contributed by atoms with van der Waals surface area (Å²) in [7, 11) is -1.51. The smallest absolute Gasteiger partial charge is 0.358 e. The molecular weight excluding hydrogens is 538 g/mol. The van der Waals surface area contributed by atoms with Gasteiger partial charge in [-0.15, -0.1) is 11.8 Å². The van der Waals surface area contributed by atoms with Crippen LogP contribution in [-0.2, 0) is 57.3 Å². The van der Waals surface area contributed by atoms with Crippen molar-refractivity contribution >= 4 is 57.1 Å². The van der Waals surface area contributed by atoms with Crippen LogP contribution in [-0.4, -0.2) is 106 Å². The third-order valence-corrected chi connectivity index (χ3v) is 6.66. The molecule has 17 heteroatoms. The molecule has 15 nitrogen and oxygen atoms in total. The summed E-state index contributed by atoms with van der Waals surface area (Å²) < 4.78 is 41.9. The molecule has 0 aromatic carbocycles. The van der Waals surface area contributed by atoms with E-state index >= 15 is 0 Å². The standard InChI is InChI=1S/C20H27N3O12S2/c1-6-13(25)34-10(2)35-20(28)16-11(7-31-3)9-36-19-15(18(27)23(16)19)21-17(26)14(22-32-4)12(24)8-33-37(5,29)30/h10,15,19H,6-9H2,1-5H3,(H,21,26)/b22-14-/t10?,15?,19-/m1/s1. The first-order valence-corrected chi connectivity index (χ1v) is 13.6. The summed E-state index contributed by atoms with van der Waals surface area (Å²) in [5.74, 6) is -4.19. The molecule has 2 aliphatic heterocycles. The summed E-state index contributed by atoms with van der Waals surface area (Å²) >= 11 is 1.22. The number of ketones is 1. The van der Waals surface area contributed by atoms with Crippen molar-refractivity contribution in [2.24, 2.45) is 5.16 Å². The molecule has 0 aliphatic carbocycles. The number of thioether (sulfide) groups is 1. The largest absolute Gasteiger partial charge is 0.425 e. The Balaban J connectivity index is 2.18. The van der Waals surface area contributed by atoms with E-state index in [-0.39, 0.29) is 24.5 Å². The quantitative estimate of drug-likeness (QED) is 0.0526. The van der Waals surface area contributed by atoms with Gasteiger partial charge in [-0.25, -0.2) is 4.79 Å². The maximum absolute atomic E-state index is 13.0. The number of hydrogen-bond acceptors (Lipinski definition) is 14. The van der Waals surface area contributed by atoms with Gasteiger partial charge >= 0.3 is 11.9 Å². The van der Waals surface area contributed by atoms with Crippen molar-refractivity contribution in [3.8, 4) is 0 Å². The van der Waals surface area contributed by atoms with Crippen LogP contribution >= 0.6 is 11.8 Å². The summed E-state index contributed by atoms with van der Waals surface area (Å²) in [6.07, 6.45) is -0.427. The van der Waals surface area contributed by atoms with Gasteiger partial charge in [0.25, 0.3) is 21.9 Å². The number of nitrogens with one attached hydrogen (secondary N) is 1. The van der Waals surface area contributed by atoms with E-state index in [1.54, 1.807) is 6.92 Å². The van der Waals surface area contributed by atoms with Crippen LogP contribution < -0.4 is 5.32 Å². The molecule has 1 saturated heterocycles. The number of β-lactam (4-membered cyclic amide) rings is 1. The minimum atomic E-state index is -3.98. The van der Waals surface area contributed by atoms with E-state index < -0.39 is 69.7 Å².